The molecule has 5 nitrogen and oxygen atoms in total. The molecule has 0 amide bonds. The maximum atomic E-state index is 11.0. The lowest BCUT2D eigenvalue weighted by atomic mass is 10.1. The molecular formula is C12H21N3O2. The summed E-state index contributed by atoms with van der Waals surface area (Å²) in [6, 6.07) is 1.74. The average Bonchev–Trinajstić information content (AvgIpc) is 2.72. The molecule has 1 unspecified atom stereocenters. The molecule has 0 bridgehead atoms. The zero-order chi connectivity index (χ0) is 12.8. The van der Waals surface area contributed by atoms with Crippen LogP contribution in [-0.4, -0.2) is 22.9 Å². The van der Waals surface area contributed by atoms with Crippen LogP contribution >= 0.6 is 0 Å². The van der Waals surface area contributed by atoms with Crippen molar-refractivity contribution in [2.24, 2.45) is 11.7 Å². The van der Waals surface area contributed by atoms with Crippen molar-refractivity contribution in [1.29, 1.82) is 0 Å². The van der Waals surface area contributed by atoms with Crippen LogP contribution in [0.2, 0.25) is 0 Å². The summed E-state index contributed by atoms with van der Waals surface area (Å²) in [5, 5.41) is 4.25. The minimum Gasteiger partial charge on any atom is -0.469 e. The molecule has 5 heteroatoms. The van der Waals surface area contributed by atoms with Gasteiger partial charge in [-0.3, -0.25) is 9.48 Å². The fourth-order valence-electron chi connectivity index (χ4n) is 1.68. The van der Waals surface area contributed by atoms with Gasteiger partial charge in [0.05, 0.1) is 12.8 Å². The molecular weight excluding hydrogens is 218 g/mol. The van der Waals surface area contributed by atoms with E-state index in [1.54, 1.807) is 6.20 Å². The summed E-state index contributed by atoms with van der Waals surface area (Å²) in [5.74, 6) is 0.289. The van der Waals surface area contributed by atoms with Crippen molar-refractivity contribution in [2.45, 2.75) is 39.3 Å². The van der Waals surface area contributed by atoms with E-state index in [1.165, 1.54) is 7.11 Å². The molecule has 0 spiro atoms. The summed E-state index contributed by atoms with van der Waals surface area (Å²) in [4.78, 5) is 11.0. The van der Waals surface area contributed by atoms with Gasteiger partial charge in [0.1, 0.15) is 0 Å². The van der Waals surface area contributed by atoms with Crippen LogP contribution < -0.4 is 5.73 Å². The average molecular weight is 239 g/mol. The minimum atomic E-state index is -0.227. The van der Waals surface area contributed by atoms with Gasteiger partial charge in [-0.2, -0.15) is 5.10 Å². The molecule has 1 atom stereocenters. The predicted molar refractivity (Wildman–Crippen MR) is 65.2 cm³/mol. The second-order valence-corrected chi connectivity index (χ2v) is 4.55. The zero-order valence-electron chi connectivity index (χ0n) is 10.7. The molecule has 0 radical (unpaired) electrons. The molecule has 0 aromatic carbocycles. The molecule has 96 valence electrons. The molecule has 0 aliphatic heterocycles. The highest BCUT2D eigenvalue weighted by atomic mass is 16.5. The maximum Gasteiger partial charge on any atom is 0.305 e. The Morgan fingerprint density at radius 1 is 1.59 bits per heavy atom. The van der Waals surface area contributed by atoms with E-state index in [4.69, 9.17) is 5.73 Å². The summed E-state index contributed by atoms with van der Waals surface area (Å²) in [7, 11) is 1.39. The second kappa shape index (κ2) is 6.39. The Balaban J connectivity index is 2.59. The van der Waals surface area contributed by atoms with Gasteiger partial charge in [0.2, 0.25) is 0 Å². The Bertz CT molecular complexity index is 360. The Kier molecular flexibility index (Phi) is 5.15. The van der Waals surface area contributed by atoms with Gasteiger partial charge in [-0.05, 0) is 18.4 Å². The van der Waals surface area contributed by atoms with E-state index in [1.807, 2.05) is 10.7 Å². The number of carbonyl (C=O) groups excluding carboxylic acids is 1. The van der Waals surface area contributed by atoms with Gasteiger partial charge in [-0.15, -0.1) is 0 Å². The van der Waals surface area contributed by atoms with Crippen molar-refractivity contribution < 1.29 is 9.53 Å². The Morgan fingerprint density at radius 2 is 2.29 bits per heavy atom. The van der Waals surface area contributed by atoms with Crippen molar-refractivity contribution in [2.75, 3.05) is 7.11 Å². The topological polar surface area (TPSA) is 70.1 Å². The normalized spacial score (nSPS) is 12.8. The molecule has 0 aliphatic carbocycles. The molecule has 0 saturated carbocycles. The number of esters is 1. The van der Waals surface area contributed by atoms with Crippen molar-refractivity contribution in [1.82, 2.24) is 9.78 Å². The Labute approximate surface area is 102 Å². The number of nitrogens with two attached hydrogens (primary N) is 1. The fourth-order valence-corrected chi connectivity index (χ4v) is 1.68. The van der Waals surface area contributed by atoms with E-state index >= 15 is 0 Å². The van der Waals surface area contributed by atoms with Gasteiger partial charge in [-0.25, -0.2) is 0 Å². The van der Waals surface area contributed by atoms with Crippen molar-refractivity contribution in [3.63, 3.8) is 0 Å². The molecule has 2 N–H and O–H groups in total. The number of hydrogen-bond acceptors (Lipinski definition) is 4. The first-order valence-corrected chi connectivity index (χ1v) is 5.88. The van der Waals surface area contributed by atoms with Gasteiger partial charge < -0.3 is 10.5 Å². The van der Waals surface area contributed by atoms with Gasteiger partial charge in [0.25, 0.3) is 0 Å². The molecule has 0 saturated heterocycles. The highest BCUT2D eigenvalue weighted by molar-refractivity contribution is 5.69. The number of nitrogens with zero attached hydrogens (tertiary/aromatic N) is 2. The monoisotopic (exact) mass is 239 g/mol. The van der Waals surface area contributed by atoms with Gasteiger partial charge in [-0.1, -0.05) is 13.8 Å². The van der Waals surface area contributed by atoms with E-state index in [0.29, 0.717) is 18.8 Å². The SMILES string of the molecule is COC(=O)CCC(N)c1ccnn1CC(C)C. The van der Waals surface area contributed by atoms with E-state index in [2.05, 4.69) is 23.7 Å². The van der Waals surface area contributed by atoms with Gasteiger partial charge in [0.15, 0.2) is 0 Å². The fraction of sp³-hybridized carbons (Fsp3) is 0.667. The molecule has 1 heterocycles. The lowest BCUT2D eigenvalue weighted by molar-refractivity contribution is -0.140. The molecule has 17 heavy (non-hydrogen) atoms. The van der Waals surface area contributed by atoms with Crippen LogP contribution in [0.4, 0.5) is 0 Å². The maximum absolute atomic E-state index is 11.0. The van der Waals surface area contributed by atoms with Crippen molar-refractivity contribution in [3.05, 3.63) is 18.0 Å². The predicted octanol–water partition coefficient (Wildman–Crippen LogP) is 1.49. The summed E-state index contributed by atoms with van der Waals surface area (Å²) >= 11 is 0. The number of hydrogen-bond donors (Lipinski definition) is 1. The third-order valence-corrected chi connectivity index (χ3v) is 2.55. The highest BCUT2D eigenvalue weighted by Crippen LogP contribution is 2.16. The van der Waals surface area contributed by atoms with E-state index in [-0.39, 0.29) is 12.0 Å². The largest absolute Gasteiger partial charge is 0.469 e. The van der Waals surface area contributed by atoms with Gasteiger partial charge in [0, 0.05) is 25.2 Å². The summed E-state index contributed by atoms with van der Waals surface area (Å²) < 4.78 is 6.51. The number of carbonyl (C=O) groups is 1. The zero-order valence-corrected chi connectivity index (χ0v) is 10.7. The van der Waals surface area contributed by atoms with Crippen LogP contribution in [-0.2, 0) is 16.1 Å². The smallest absolute Gasteiger partial charge is 0.305 e. The Hall–Kier alpha value is -1.36. The molecule has 1 rings (SSSR count). The minimum absolute atomic E-state index is 0.171. The number of aromatic nitrogens is 2. The summed E-state index contributed by atoms with van der Waals surface area (Å²) in [6.45, 7) is 5.10. The number of methoxy groups -OCH3 is 1. The van der Waals surface area contributed by atoms with Crippen LogP contribution in [0.25, 0.3) is 0 Å². The standard InChI is InChI=1S/C12H21N3O2/c1-9(2)8-15-11(6-7-14-15)10(13)4-5-12(16)17-3/h6-7,9-10H,4-5,8,13H2,1-3H3. The summed E-state index contributed by atoms with van der Waals surface area (Å²) in [5.41, 5.74) is 7.02. The number of rotatable bonds is 6. The lowest BCUT2D eigenvalue weighted by Crippen LogP contribution is -2.19. The quantitative estimate of drug-likeness (QED) is 0.764. The third-order valence-electron chi connectivity index (χ3n) is 2.55. The third kappa shape index (κ3) is 4.19. The van der Waals surface area contributed by atoms with Crippen molar-refractivity contribution >= 4 is 5.97 Å². The van der Waals surface area contributed by atoms with E-state index in [0.717, 1.165) is 12.2 Å². The lowest BCUT2D eigenvalue weighted by Gasteiger charge is -2.15. The molecule has 1 aromatic rings. The molecule has 0 fully saturated rings. The molecule has 0 aliphatic rings. The van der Waals surface area contributed by atoms with E-state index in [9.17, 15) is 4.79 Å². The Morgan fingerprint density at radius 3 is 2.88 bits per heavy atom. The van der Waals surface area contributed by atoms with Gasteiger partial charge >= 0.3 is 5.97 Å². The first kappa shape index (κ1) is 13.7. The van der Waals surface area contributed by atoms with Crippen LogP contribution in [0.5, 0.6) is 0 Å². The first-order valence-electron chi connectivity index (χ1n) is 5.88. The van der Waals surface area contributed by atoms with Crippen molar-refractivity contribution in [3.8, 4) is 0 Å². The van der Waals surface area contributed by atoms with E-state index < -0.39 is 0 Å². The number of ether oxygens (including phenoxy) is 1. The van der Waals surface area contributed by atoms with Crippen LogP contribution in [0, 0.1) is 5.92 Å². The summed E-state index contributed by atoms with van der Waals surface area (Å²) in [6.07, 6.45) is 2.66. The highest BCUT2D eigenvalue weighted by Gasteiger charge is 2.14. The van der Waals surface area contributed by atoms with Crippen LogP contribution in [0.3, 0.4) is 0 Å². The first-order chi connectivity index (χ1) is 8.04. The second-order valence-electron chi connectivity index (χ2n) is 4.55. The van der Waals surface area contributed by atoms with Crippen LogP contribution in [0.15, 0.2) is 12.3 Å². The molecule has 1 aromatic heterocycles. The van der Waals surface area contributed by atoms with Crippen LogP contribution in [0.1, 0.15) is 38.4 Å².